The summed E-state index contributed by atoms with van der Waals surface area (Å²) < 4.78 is 5.18. The van der Waals surface area contributed by atoms with Crippen molar-refractivity contribution in [2.45, 2.75) is 26.7 Å². The van der Waals surface area contributed by atoms with E-state index in [4.69, 9.17) is 4.42 Å². The lowest BCUT2D eigenvalue weighted by Crippen LogP contribution is -1.89. The molecule has 0 aliphatic rings. The maximum Gasteiger partial charge on any atom is 0.103 e. The van der Waals surface area contributed by atoms with Gasteiger partial charge in [-0.3, -0.25) is 0 Å². The molecule has 0 N–H and O–H groups in total. The molecule has 0 aliphatic carbocycles. The van der Waals surface area contributed by atoms with Gasteiger partial charge in [0.1, 0.15) is 5.76 Å². The monoisotopic (exact) mass is 138 g/mol. The summed E-state index contributed by atoms with van der Waals surface area (Å²) in [5.74, 6) is 1.87. The van der Waals surface area contributed by atoms with E-state index in [9.17, 15) is 0 Å². The SMILES string of the molecule is CC(C)CCc1ccco1. The van der Waals surface area contributed by atoms with Crippen molar-refractivity contribution >= 4 is 0 Å². The molecule has 0 amide bonds. The maximum atomic E-state index is 5.18. The largest absolute Gasteiger partial charge is 0.469 e. The zero-order valence-electron chi connectivity index (χ0n) is 6.63. The van der Waals surface area contributed by atoms with Crippen molar-refractivity contribution in [1.82, 2.24) is 0 Å². The quantitative estimate of drug-likeness (QED) is 0.626. The molecule has 1 nitrogen and oxygen atoms in total. The van der Waals surface area contributed by atoms with Gasteiger partial charge in [0.05, 0.1) is 6.26 Å². The van der Waals surface area contributed by atoms with E-state index in [1.54, 1.807) is 6.26 Å². The predicted molar refractivity (Wildman–Crippen MR) is 41.9 cm³/mol. The second-order valence-corrected chi connectivity index (χ2v) is 3.01. The molecule has 0 fully saturated rings. The van der Waals surface area contributed by atoms with E-state index in [2.05, 4.69) is 13.8 Å². The van der Waals surface area contributed by atoms with Gasteiger partial charge in [0.15, 0.2) is 0 Å². The van der Waals surface area contributed by atoms with Crippen molar-refractivity contribution in [2.24, 2.45) is 5.92 Å². The summed E-state index contributed by atoms with van der Waals surface area (Å²) in [7, 11) is 0. The van der Waals surface area contributed by atoms with E-state index in [0.29, 0.717) is 0 Å². The van der Waals surface area contributed by atoms with Crippen molar-refractivity contribution in [3.63, 3.8) is 0 Å². The third-order valence-corrected chi connectivity index (χ3v) is 1.55. The third kappa shape index (κ3) is 2.26. The fraction of sp³-hybridized carbons (Fsp3) is 0.556. The first kappa shape index (κ1) is 7.39. The highest BCUT2D eigenvalue weighted by Crippen LogP contribution is 2.08. The van der Waals surface area contributed by atoms with Crippen molar-refractivity contribution in [2.75, 3.05) is 0 Å². The van der Waals surface area contributed by atoms with Crippen LogP contribution in [0.4, 0.5) is 0 Å². The zero-order valence-corrected chi connectivity index (χ0v) is 6.63. The zero-order chi connectivity index (χ0) is 7.40. The normalized spacial score (nSPS) is 10.7. The minimum Gasteiger partial charge on any atom is -0.469 e. The van der Waals surface area contributed by atoms with Crippen LogP contribution in [0.15, 0.2) is 22.8 Å². The van der Waals surface area contributed by atoms with Gasteiger partial charge in [-0.1, -0.05) is 13.8 Å². The topological polar surface area (TPSA) is 13.1 Å². The van der Waals surface area contributed by atoms with Gasteiger partial charge >= 0.3 is 0 Å². The van der Waals surface area contributed by atoms with Gasteiger partial charge in [-0.25, -0.2) is 0 Å². The Labute approximate surface area is 62.1 Å². The first-order valence-corrected chi connectivity index (χ1v) is 3.81. The van der Waals surface area contributed by atoms with Gasteiger partial charge in [0.25, 0.3) is 0 Å². The first-order chi connectivity index (χ1) is 4.79. The molecule has 56 valence electrons. The van der Waals surface area contributed by atoms with Crippen LogP contribution in [0.3, 0.4) is 0 Å². The van der Waals surface area contributed by atoms with Crippen LogP contribution in [0.25, 0.3) is 0 Å². The Kier molecular flexibility index (Phi) is 2.55. The Balaban J connectivity index is 2.28. The minimum absolute atomic E-state index is 0.769. The minimum atomic E-state index is 0.769. The molecule has 0 bridgehead atoms. The van der Waals surface area contributed by atoms with Crippen LogP contribution in [-0.2, 0) is 6.42 Å². The van der Waals surface area contributed by atoms with Crippen molar-refractivity contribution in [3.8, 4) is 0 Å². The molecule has 1 aromatic heterocycles. The van der Waals surface area contributed by atoms with E-state index >= 15 is 0 Å². The van der Waals surface area contributed by atoms with Gasteiger partial charge in [-0.15, -0.1) is 0 Å². The van der Waals surface area contributed by atoms with E-state index in [0.717, 1.165) is 18.1 Å². The van der Waals surface area contributed by atoms with Gasteiger partial charge in [-0.2, -0.15) is 0 Å². The highest BCUT2D eigenvalue weighted by Gasteiger charge is 1.97. The summed E-state index contributed by atoms with van der Waals surface area (Å²) in [5.41, 5.74) is 0. The van der Waals surface area contributed by atoms with Crippen molar-refractivity contribution in [3.05, 3.63) is 24.2 Å². The fourth-order valence-electron chi connectivity index (χ4n) is 0.886. The Morgan fingerprint density at radius 2 is 2.30 bits per heavy atom. The number of furan rings is 1. The smallest absolute Gasteiger partial charge is 0.103 e. The average Bonchev–Trinajstić information content (AvgIpc) is 2.34. The van der Waals surface area contributed by atoms with E-state index in [1.165, 1.54) is 6.42 Å². The summed E-state index contributed by atoms with van der Waals surface area (Å²) in [6.45, 7) is 4.45. The molecule has 10 heavy (non-hydrogen) atoms. The lowest BCUT2D eigenvalue weighted by atomic mass is 10.1. The number of hydrogen-bond donors (Lipinski definition) is 0. The molecule has 0 unspecified atom stereocenters. The van der Waals surface area contributed by atoms with Crippen molar-refractivity contribution in [1.29, 1.82) is 0 Å². The first-order valence-electron chi connectivity index (χ1n) is 3.81. The van der Waals surface area contributed by atoms with E-state index in [1.807, 2.05) is 12.1 Å². The van der Waals surface area contributed by atoms with Crippen LogP contribution in [0.5, 0.6) is 0 Å². The molecular weight excluding hydrogens is 124 g/mol. The van der Waals surface area contributed by atoms with E-state index in [-0.39, 0.29) is 0 Å². The Morgan fingerprint density at radius 1 is 1.50 bits per heavy atom. The second-order valence-electron chi connectivity index (χ2n) is 3.01. The second kappa shape index (κ2) is 3.45. The number of rotatable bonds is 3. The standard InChI is InChI=1S/C9H14O/c1-8(2)5-6-9-4-3-7-10-9/h3-4,7-8H,5-6H2,1-2H3. The molecule has 1 aromatic rings. The molecule has 0 saturated carbocycles. The molecule has 1 rings (SSSR count). The van der Waals surface area contributed by atoms with Crippen LogP contribution in [0.1, 0.15) is 26.0 Å². The molecule has 1 heteroatoms. The van der Waals surface area contributed by atoms with Crippen LogP contribution in [0, 0.1) is 5.92 Å². The third-order valence-electron chi connectivity index (χ3n) is 1.55. The summed E-state index contributed by atoms with van der Waals surface area (Å²) in [4.78, 5) is 0. The lowest BCUT2D eigenvalue weighted by molar-refractivity contribution is 0.475. The van der Waals surface area contributed by atoms with Gasteiger partial charge in [0.2, 0.25) is 0 Å². The lowest BCUT2D eigenvalue weighted by Gasteiger charge is -1.99. The van der Waals surface area contributed by atoms with Crippen LogP contribution >= 0.6 is 0 Å². The van der Waals surface area contributed by atoms with E-state index < -0.39 is 0 Å². The van der Waals surface area contributed by atoms with Crippen LogP contribution in [-0.4, -0.2) is 0 Å². The summed E-state index contributed by atoms with van der Waals surface area (Å²) in [6, 6.07) is 3.97. The summed E-state index contributed by atoms with van der Waals surface area (Å²) in [6.07, 6.45) is 4.02. The van der Waals surface area contributed by atoms with Gasteiger partial charge in [0, 0.05) is 6.42 Å². The fourth-order valence-corrected chi connectivity index (χ4v) is 0.886. The van der Waals surface area contributed by atoms with Gasteiger partial charge < -0.3 is 4.42 Å². The molecular formula is C9H14O. The molecule has 1 heterocycles. The number of aryl methyl sites for hydroxylation is 1. The Bertz CT molecular complexity index is 163. The average molecular weight is 138 g/mol. The summed E-state index contributed by atoms with van der Waals surface area (Å²) >= 11 is 0. The predicted octanol–water partition coefficient (Wildman–Crippen LogP) is 2.87. The Hall–Kier alpha value is -0.720. The molecule has 0 radical (unpaired) electrons. The van der Waals surface area contributed by atoms with Crippen LogP contribution < -0.4 is 0 Å². The molecule has 0 aromatic carbocycles. The molecule has 0 saturated heterocycles. The van der Waals surface area contributed by atoms with Crippen LogP contribution in [0.2, 0.25) is 0 Å². The Morgan fingerprint density at radius 3 is 2.80 bits per heavy atom. The van der Waals surface area contributed by atoms with Gasteiger partial charge in [-0.05, 0) is 24.5 Å². The molecule has 0 spiro atoms. The summed E-state index contributed by atoms with van der Waals surface area (Å²) in [5, 5.41) is 0. The number of hydrogen-bond acceptors (Lipinski definition) is 1. The van der Waals surface area contributed by atoms with Crippen molar-refractivity contribution < 1.29 is 4.42 Å². The molecule has 0 atom stereocenters. The highest BCUT2D eigenvalue weighted by molar-refractivity contribution is 4.97. The molecule has 0 aliphatic heterocycles. The highest BCUT2D eigenvalue weighted by atomic mass is 16.3. The maximum absolute atomic E-state index is 5.18.